The molecule has 0 fully saturated rings. The first-order chi connectivity index (χ1) is 9.74. The van der Waals surface area contributed by atoms with Gasteiger partial charge >= 0.3 is 0 Å². The smallest absolute Gasteiger partial charge is 0.0366 e. The van der Waals surface area contributed by atoms with Crippen LogP contribution in [0.2, 0.25) is 0 Å². The summed E-state index contributed by atoms with van der Waals surface area (Å²) in [5, 5.41) is 0. The van der Waals surface area contributed by atoms with Gasteiger partial charge in [0.05, 0.1) is 0 Å². The van der Waals surface area contributed by atoms with Crippen molar-refractivity contribution in [1.29, 1.82) is 0 Å². The average Bonchev–Trinajstić information content (AvgIpc) is 2.31. The Morgan fingerprint density at radius 2 is 1.64 bits per heavy atom. The molecule has 1 aromatic carbocycles. The van der Waals surface area contributed by atoms with Crippen molar-refractivity contribution in [3.63, 3.8) is 0 Å². The number of nitrogens with zero attached hydrogens (tertiary/aromatic N) is 1. The molecule has 0 aliphatic rings. The minimum Gasteiger partial charge on any atom is -0.253 e. The van der Waals surface area contributed by atoms with E-state index < -0.39 is 9.71 Å². The highest BCUT2D eigenvalue weighted by molar-refractivity contribution is 7.97. The normalized spacial score (nSPS) is 17.3. The molecule has 22 heavy (non-hydrogen) atoms. The third kappa shape index (κ3) is 4.85. The molecule has 0 heterocycles. The minimum atomic E-state index is -2.27. The minimum absolute atomic E-state index is 0.189. The van der Waals surface area contributed by atoms with Crippen LogP contribution in [-0.2, 0) is 16.3 Å². The molecule has 0 saturated carbocycles. The lowest BCUT2D eigenvalue weighted by molar-refractivity contribution is 0.253. The van der Waals surface area contributed by atoms with Crippen LogP contribution >= 0.6 is 0 Å². The predicted octanol–water partition coefficient (Wildman–Crippen LogP) is 4.70. The SMILES string of the molecule is C=S(C)(=O)N(Cc1ccccc1C(C)C(C)(C)C)C(C)(C)C. The topological polar surface area (TPSA) is 20.3 Å². The van der Waals surface area contributed by atoms with Gasteiger partial charge in [-0.25, -0.2) is 4.31 Å². The monoisotopic (exact) mass is 323 g/mol. The first-order valence-electron chi connectivity index (χ1n) is 7.92. The van der Waals surface area contributed by atoms with E-state index >= 15 is 0 Å². The highest BCUT2D eigenvalue weighted by Gasteiger charge is 2.29. The van der Waals surface area contributed by atoms with Crippen LogP contribution in [-0.4, -0.2) is 26.2 Å². The average molecular weight is 324 g/mol. The van der Waals surface area contributed by atoms with Gasteiger partial charge in [-0.3, -0.25) is 4.21 Å². The van der Waals surface area contributed by atoms with E-state index in [9.17, 15) is 4.21 Å². The van der Waals surface area contributed by atoms with Crippen LogP contribution < -0.4 is 0 Å². The Bertz CT molecular complexity index is 603. The van der Waals surface area contributed by atoms with Crippen molar-refractivity contribution in [2.45, 2.75) is 66.5 Å². The Labute approximate surface area is 138 Å². The van der Waals surface area contributed by atoms with Crippen LogP contribution in [0.15, 0.2) is 24.3 Å². The molecule has 0 saturated heterocycles. The van der Waals surface area contributed by atoms with E-state index in [2.05, 4.69) is 78.6 Å². The van der Waals surface area contributed by atoms with Gasteiger partial charge in [0.1, 0.15) is 0 Å². The lowest BCUT2D eigenvalue weighted by atomic mass is 9.76. The molecule has 1 rings (SSSR count). The Morgan fingerprint density at radius 3 is 2.05 bits per heavy atom. The molecule has 2 unspecified atom stereocenters. The van der Waals surface area contributed by atoms with Crippen LogP contribution in [0.5, 0.6) is 0 Å². The van der Waals surface area contributed by atoms with Gasteiger partial charge < -0.3 is 0 Å². The molecule has 0 aliphatic carbocycles. The van der Waals surface area contributed by atoms with Crippen molar-refractivity contribution < 1.29 is 4.21 Å². The van der Waals surface area contributed by atoms with Crippen molar-refractivity contribution >= 4 is 15.6 Å². The molecule has 3 heteroatoms. The molecular weight excluding hydrogens is 290 g/mol. The molecule has 0 spiro atoms. The van der Waals surface area contributed by atoms with Crippen LogP contribution in [0.3, 0.4) is 0 Å². The molecule has 126 valence electrons. The molecule has 1 aromatic rings. The summed E-state index contributed by atoms with van der Waals surface area (Å²) >= 11 is 0. The van der Waals surface area contributed by atoms with Crippen molar-refractivity contribution in [1.82, 2.24) is 4.31 Å². The van der Waals surface area contributed by atoms with E-state index in [1.54, 1.807) is 6.26 Å². The van der Waals surface area contributed by atoms with Gasteiger partial charge in [0.25, 0.3) is 0 Å². The lowest BCUT2D eigenvalue weighted by Gasteiger charge is -2.38. The summed E-state index contributed by atoms with van der Waals surface area (Å²) in [6.45, 7) is 16.0. The van der Waals surface area contributed by atoms with Gasteiger partial charge in [-0.05, 0) is 49.1 Å². The highest BCUT2D eigenvalue weighted by Crippen LogP contribution is 2.37. The van der Waals surface area contributed by atoms with Crippen LogP contribution in [0, 0.1) is 5.41 Å². The maximum atomic E-state index is 12.6. The maximum absolute atomic E-state index is 12.6. The van der Waals surface area contributed by atoms with Crippen LogP contribution in [0.4, 0.5) is 0 Å². The van der Waals surface area contributed by atoms with Gasteiger partial charge in [0.2, 0.25) is 0 Å². The molecule has 0 bridgehead atoms. The van der Waals surface area contributed by atoms with Crippen LogP contribution in [0.25, 0.3) is 0 Å². The molecule has 2 nitrogen and oxygen atoms in total. The van der Waals surface area contributed by atoms with Gasteiger partial charge in [0, 0.05) is 28.0 Å². The highest BCUT2D eigenvalue weighted by atomic mass is 32.2. The summed E-state index contributed by atoms with van der Waals surface area (Å²) in [7, 11) is -2.27. The Morgan fingerprint density at radius 1 is 1.14 bits per heavy atom. The molecule has 0 aliphatic heterocycles. The van der Waals surface area contributed by atoms with Crippen molar-refractivity contribution in [3.8, 4) is 0 Å². The van der Waals surface area contributed by atoms with Gasteiger partial charge in [-0.15, -0.1) is 0 Å². The van der Waals surface area contributed by atoms with E-state index in [-0.39, 0.29) is 11.0 Å². The van der Waals surface area contributed by atoms with Crippen molar-refractivity contribution in [3.05, 3.63) is 35.4 Å². The second-order valence-electron chi connectivity index (χ2n) is 8.45. The first-order valence-corrected chi connectivity index (χ1v) is 10.0. The fraction of sp³-hybridized carbons (Fsp3) is 0.632. The van der Waals surface area contributed by atoms with Gasteiger partial charge in [-0.2, -0.15) is 0 Å². The van der Waals surface area contributed by atoms with Crippen LogP contribution in [0.1, 0.15) is 65.5 Å². The fourth-order valence-electron chi connectivity index (χ4n) is 2.67. The van der Waals surface area contributed by atoms with Gasteiger partial charge in [0.15, 0.2) is 0 Å². The second kappa shape index (κ2) is 6.37. The molecular formula is C19H33NOS. The van der Waals surface area contributed by atoms with E-state index in [0.29, 0.717) is 12.5 Å². The van der Waals surface area contributed by atoms with E-state index in [1.165, 1.54) is 11.1 Å². The number of benzene rings is 1. The van der Waals surface area contributed by atoms with E-state index in [0.717, 1.165) is 0 Å². The first kappa shape index (κ1) is 19.2. The number of hydrogen-bond acceptors (Lipinski definition) is 1. The summed E-state index contributed by atoms with van der Waals surface area (Å²) in [4.78, 5) is 0. The third-order valence-corrected chi connectivity index (χ3v) is 5.96. The fourth-order valence-corrected chi connectivity index (χ4v) is 4.25. The standard InChI is InChI=1S/C19H33NOS/c1-15(18(2,3)4)17-13-11-10-12-16(17)14-20(19(5,6)7)22(8,9)21/h10-13,15H,8,14H2,1-7,9H3. The third-order valence-electron chi connectivity index (χ3n) is 4.35. The summed E-state index contributed by atoms with van der Waals surface area (Å²) in [6, 6.07) is 8.51. The molecule has 0 amide bonds. The largest absolute Gasteiger partial charge is 0.253 e. The van der Waals surface area contributed by atoms with Gasteiger partial charge in [-0.1, -0.05) is 52.0 Å². The summed E-state index contributed by atoms with van der Waals surface area (Å²) in [5.41, 5.74) is 2.60. The Hall–Kier alpha value is -0.800. The number of hydrogen-bond donors (Lipinski definition) is 0. The molecule has 0 aromatic heterocycles. The Kier molecular flexibility index (Phi) is 5.57. The lowest BCUT2D eigenvalue weighted by Crippen LogP contribution is -2.44. The predicted molar refractivity (Wildman–Crippen MR) is 101 cm³/mol. The zero-order valence-electron chi connectivity index (χ0n) is 15.6. The second-order valence-corrected chi connectivity index (χ2v) is 10.8. The summed E-state index contributed by atoms with van der Waals surface area (Å²) in [5.74, 6) is 4.34. The quantitative estimate of drug-likeness (QED) is 0.736. The molecule has 2 atom stereocenters. The summed E-state index contributed by atoms with van der Waals surface area (Å²) in [6.07, 6.45) is 1.73. The van der Waals surface area contributed by atoms with E-state index in [1.807, 2.05) is 4.31 Å². The van der Waals surface area contributed by atoms with E-state index in [4.69, 9.17) is 0 Å². The number of rotatable bonds is 4. The molecule has 0 radical (unpaired) electrons. The van der Waals surface area contributed by atoms with Crippen molar-refractivity contribution in [2.75, 3.05) is 6.26 Å². The zero-order valence-corrected chi connectivity index (χ0v) is 16.4. The molecule has 0 N–H and O–H groups in total. The maximum Gasteiger partial charge on any atom is 0.0366 e. The van der Waals surface area contributed by atoms with Crippen molar-refractivity contribution in [2.24, 2.45) is 5.41 Å². The summed E-state index contributed by atoms with van der Waals surface area (Å²) < 4.78 is 14.7. The Balaban J connectivity index is 3.29. The zero-order chi connectivity index (χ0) is 17.3.